The SMILES string of the molecule is CN(C)C1=NC2(CCN(C(=O)c3ccccc3N3CCOCC3)CC2)C(=O)N1. The van der Waals surface area contributed by atoms with Crippen LogP contribution in [0.25, 0.3) is 0 Å². The molecular weight excluding hydrogens is 358 g/mol. The van der Waals surface area contributed by atoms with Gasteiger partial charge >= 0.3 is 0 Å². The highest BCUT2D eigenvalue weighted by Crippen LogP contribution is 2.32. The summed E-state index contributed by atoms with van der Waals surface area (Å²) in [6, 6.07) is 7.76. The standard InChI is InChI=1S/C20H27N5O3/c1-23(2)19-21-18(27)20(22-19)7-9-25(10-8-20)17(26)15-5-3-4-6-16(15)24-11-13-28-14-12-24/h3-6H,7-14H2,1-2H3,(H,21,22,27). The Balaban J connectivity index is 1.49. The third-order valence-electron chi connectivity index (χ3n) is 5.76. The predicted octanol–water partition coefficient (Wildman–Crippen LogP) is 0.545. The first-order valence-electron chi connectivity index (χ1n) is 9.80. The molecular formula is C20H27N5O3. The number of nitrogens with zero attached hydrogens (tertiary/aromatic N) is 4. The van der Waals surface area contributed by atoms with Crippen molar-refractivity contribution >= 4 is 23.5 Å². The van der Waals surface area contributed by atoms with Crippen molar-refractivity contribution in [3.63, 3.8) is 0 Å². The normalized spacial score (nSPS) is 21.5. The average molecular weight is 385 g/mol. The molecule has 28 heavy (non-hydrogen) atoms. The van der Waals surface area contributed by atoms with E-state index in [2.05, 4.69) is 15.2 Å². The molecule has 2 fully saturated rings. The minimum atomic E-state index is -0.736. The second-order valence-corrected chi connectivity index (χ2v) is 7.72. The van der Waals surface area contributed by atoms with Crippen LogP contribution in [-0.2, 0) is 9.53 Å². The third-order valence-corrected chi connectivity index (χ3v) is 5.76. The molecule has 1 N–H and O–H groups in total. The Morgan fingerprint density at radius 2 is 1.82 bits per heavy atom. The lowest BCUT2D eigenvalue weighted by Crippen LogP contribution is -2.51. The van der Waals surface area contributed by atoms with E-state index < -0.39 is 5.54 Å². The van der Waals surface area contributed by atoms with E-state index in [9.17, 15) is 9.59 Å². The molecule has 0 bridgehead atoms. The van der Waals surface area contributed by atoms with Crippen molar-refractivity contribution in [3.8, 4) is 0 Å². The third kappa shape index (κ3) is 3.32. The van der Waals surface area contributed by atoms with Gasteiger partial charge in [0.15, 0.2) is 0 Å². The Bertz CT molecular complexity index is 793. The number of piperidine rings is 1. The maximum Gasteiger partial charge on any atom is 0.255 e. The summed E-state index contributed by atoms with van der Waals surface area (Å²) >= 11 is 0. The number of aliphatic imine (C=N–C) groups is 1. The van der Waals surface area contributed by atoms with Gasteiger partial charge in [-0.1, -0.05) is 12.1 Å². The van der Waals surface area contributed by atoms with Crippen molar-refractivity contribution in [2.75, 3.05) is 58.4 Å². The van der Waals surface area contributed by atoms with E-state index in [1.165, 1.54) is 0 Å². The molecule has 8 nitrogen and oxygen atoms in total. The molecule has 3 heterocycles. The van der Waals surface area contributed by atoms with Gasteiger partial charge in [-0.2, -0.15) is 0 Å². The van der Waals surface area contributed by atoms with Gasteiger partial charge in [-0.15, -0.1) is 0 Å². The number of guanidine groups is 1. The number of rotatable bonds is 2. The van der Waals surface area contributed by atoms with Gasteiger partial charge in [-0.25, -0.2) is 4.99 Å². The van der Waals surface area contributed by atoms with Crippen LogP contribution in [0.1, 0.15) is 23.2 Å². The fraction of sp³-hybridized carbons (Fsp3) is 0.550. The van der Waals surface area contributed by atoms with Crippen molar-refractivity contribution in [2.45, 2.75) is 18.4 Å². The van der Waals surface area contributed by atoms with E-state index in [0.717, 1.165) is 18.8 Å². The summed E-state index contributed by atoms with van der Waals surface area (Å²) in [5, 5.41) is 2.86. The lowest BCUT2D eigenvalue weighted by atomic mass is 9.87. The number of carbonyl (C=O) groups is 2. The van der Waals surface area contributed by atoms with Crippen LogP contribution >= 0.6 is 0 Å². The fourth-order valence-corrected chi connectivity index (χ4v) is 4.03. The Hall–Kier alpha value is -2.61. The number of carbonyl (C=O) groups excluding carboxylic acids is 2. The number of ether oxygens (including phenoxy) is 1. The first-order chi connectivity index (χ1) is 13.5. The van der Waals surface area contributed by atoms with Gasteiger partial charge in [0.1, 0.15) is 5.54 Å². The van der Waals surface area contributed by atoms with Gasteiger partial charge in [0.2, 0.25) is 5.96 Å². The van der Waals surface area contributed by atoms with E-state index >= 15 is 0 Å². The quantitative estimate of drug-likeness (QED) is 0.804. The van der Waals surface area contributed by atoms with Crippen LogP contribution in [0.3, 0.4) is 0 Å². The van der Waals surface area contributed by atoms with Crippen LogP contribution in [0.15, 0.2) is 29.3 Å². The van der Waals surface area contributed by atoms with Gasteiger partial charge in [-0.05, 0) is 25.0 Å². The number of anilines is 1. The average Bonchev–Trinajstić information content (AvgIpc) is 3.05. The zero-order valence-corrected chi connectivity index (χ0v) is 16.5. The number of nitrogens with one attached hydrogen (secondary N) is 1. The largest absolute Gasteiger partial charge is 0.378 e. The Labute approximate surface area is 165 Å². The van der Waals surface area contributed by atoms with Crippen molar-refractivity contribution < 1.29 is 14.3 Å². The number of benzene rings is 1. The molecule has 0 aromatic heterocycles. The van der Waals surface area contributed by atoms with Crippen molar-refractivity contribution in [2.24, 2.45) is 4.99 Å². The van der Waals surface area contributed by atoms with E-state index in [-0.39, 0.29) is 11.8 Å². The number of morpholine rings is 1. The van der Waals surface area contributed by atoms with Gasteiger partial charge in [0, 0.05) is 46.0 Å². The number of amides is 2. The summed E-state index contributed by atoms with van der Waals surface area (Å²) in [6.45, 7) is 3.97. The zero-order chi connectivity index (χ0) is 19.7. The molecule has 0 aliphatic carbocycles. The van der Waals surface area contributed by atoms with Crippen LogP contribution < -0.4 is 10.2 Å². The Kier molecular flexibility index (Phi) is 4.97. The number of likely N-dealkylation sites (tertiary alicyclic amines) is 1. The molecule has 0 saturated carbocycles. The van der Waals surface area contributed by atoms with E-state index in [4.69, 9.17) is 4.74 Å². The molecule has 1 aromatic rings. The second-order valence-electron chi connectivity index (χ2n) is 7.72. The minimum absolute atomic E-state index is 0.0205. The molecule has 2 saturated heterocycles. The summed E-state index contributed by atoms with van der Waals surface area (Å²) in [5.41, 5.74) is 0.941. The maximum atomic E-state index is 13.2. The molecule has 150 valence electrons. The topological polar surface area (TPSA) is 77.5 Å². The van der Waals surface area contributed by atoms with Gasteiger partial charge in [0.25, 0.3) is 11.8 Å². The number of para-hydroxylation sites is 1. The number of hydrogen-bond donors (Lipinski definition) is 1. The molecule has 0 atom stereocenters. The summed E-state index contributed by atoms with van der Waals surface area (Å²) in [5.74, 6) is 0.562. The van der Waals surface area contributed by atoms with Crippen LogP contribution in [0, 0.1) is 0 Å². The zero-order valence-electron chi connectivity index (χ0n) is 16.5. The second kappa shape index (κ2) is 7.43. The van der Waals surface area contributed by atoms with Crippen molar-refractivity contribution in [1.82, 2.24) is 15.1 Å². The van der Waals surface area contributed by atoms with Crippen molar-refractivity contribution in [3.05, 3.63) is 29.8 Å². The van der Waals surface area contributed by atoms with Crippen LogP contribution in [0.4, 0.5) is 5.69 Å². The lowest BCUT2D eigenvalue weighted by Gasteiger charge is -2.36. The molecule has 1 aromatic carbocycles. The van der Waals surface area contributed by atoms with E-state index in [1.807, 2.05) is 48.2 Å². The van der Waals surface area contributed by atoms with Gasteiger partial charge < -0.3 is 19.4 Å². The molecule has 1 spiro atoms. The predicted molar refractivity (Wildman–Crippen MR) is 107 cm³/mol. The molecule has 3 aliphatic heterocycles. The smallest absolute Gasteiger partial charge is 0.255 e. The molecule has 2 amide bonds. The molecule has 8 heteroatoms. The number of hydrogen-bond acceptors (Lipinski definition) is 6. The Morgan fingerprint density at radius 1 is 1.14 bits per heavy atom. The highest BCUT2D eigenvalue weighted by molar-refractivity contribution is 6.07. The first-order valence-corrected chi connectivity index (χ1v) is 9.80. The summed E-state index contributed by atoms with van der Waals surface area (Å²) < 4.78 is 5.44. The van der Waals surface area contributed by atoms with Crippen molar-refractivity contribution in [1.29, 1.82) is 0 Å². The fourth-order valence-electron chi connectivity index (χ4n) is 4.03. The highest BCUT2D eigenvalue weighted by atomic mass is 16.5. The molecule has 0 radical (unpaired) electrons. The Morgan fingerprint density at radius 3 is 2.46 bits per heavy atom. The minimum Gasteiger partial charge on any atom is -0.378 e. The van der Waals surface area contributed by atoms with Gasteiger partial charge in [-0.3, -0.25) is 14.9 Å². The lowest BCUT2D eigenvalue weighted by molar-refractivity contribution is -0.125. The summed E-state index contributed by atoms with van der Waals surface area (Å²) in [4.78, 5) is 36.2. The first kappa shape index (κ1) is 18.7. The molecule has 4 rings (SSSR count). The van der Waals surface area contributed by atoms with E-state index in [0.29, 0.717) is 50.7 Å². The van der Waals surface area contributed by atoms with E-state index in [1.54, 1.807) is 0 Å². The summed E-state index contributed by atoms with van der Waals surface area (Å²) in [7, 11) is 3.72. The maximum absolute atomic E-state index is 13.2. The van der Waals surface area contributed by atoms with Crippen LogP contribution in [-0.4, -0.2) is 86.6 Å². The monoisotopic (exact) mass is 385 g/mol. The molecule has 3 aliphatic rings. The van der Waals surface area contributed by atoms with Crippen LogP contribution in [0.5, 0.6) is 0 Å². The van der Waals surface area contributed by atoms with Crippen LogP contribution in [0.2, 0.25) is 0 Å². The highest BCUT2D eigenvalue weighted by Gasteiger charge is 2.47. The summed E-state index contributed by atoms with van der Waals surface area (Å²) in [6.07, 6.45) is 1.09. The molecule has 0 unspecified atom stereocenters. The van der Waals surface area contributed by atoms with Gasteiger partial charge in [0.05, 0.1) is 18.8 Å².